The number of ether oxygens (including phenoxy) is 1. The molecule has 2 N–H and O–H groups in total. The normalized spacial score (nSPS) is 19.8. The van der Waals surface area contributed by atoms with E-state index in [1.165, 1.54) is 7.11 Å². The summed E-state index contributed by atoms with van der Waals surface area (Å²) < 4.78 is 4.45. The third kappa shape index (κ3) is 2.72. The molecule has 0 amide bonds. The molecule has 0 radical (unpaired) electrons. The molecule has 0 aromatic heterocycles. The first-order valence-corrected chi connectivity index (χ1v) is 4.23. The van der Waals surface area contributed by atoms with Gasteiger partial charge in [0.1, 0.15) is 0 Å². The number of carbonyl (C=O) groups excluding carboxylic acids is 1. The maximum absolute atomic E-state index is 10.8. The number of hydrogen-bond acceptors (Lipinski definition) is 5. The lowest BCUT2D eigenvalue weighted by atomic mass is 10.3. The molecule has 0 bridgehead atoms. The molecular weight excluding hydrogens is 188 g/mol. The number of nitrogens with zero attached hydrogens (tertiary/aromatic N) is 1. The number of aliphatic imine (C=N–C) groups is 1. The second kappa shape index (κ2) is 4.59. The van der Waals surface area contributed by atoms with Gasteiger partial charge in [-0.15, -0.1) is 0 Å². The SMILES string of the molecule is COC(=O)CCC1=NC(C(=O)O)CN1. The molecule has 1 aliphatic heterocycles. The van der Waals surface area contributed by atoms with Crippen molar-refractivity contribution in [1.82, 2.24) is 5.32 Å². The maximum atomic E-state index is 10.8. The van der Waals surface area contributed by atoms with E-state index in [9.17, 15) is 9.59 Å². The van der Waals surface area contributed by atoms with Gasteiger partial charge < -0.3 is 15.2 Å². The van der Waals surface area contributed by atoms with Crippen LogP contribution in [0.15, 0.2) is 4.99 Å². The third-order valence-electron chi connectivity index (χ3n) is 1.89. The van der Waals surface area contributed by atoms with Crippen LogP contribution in [0.4, 0.5) is 0 Å². The molecule has 0 aliphatic carbocycles. The minimum atomic E-state index is -0.953. The van der Waals surface area contributed by atoms with Crippen molar-refractivity contribution in [2.24, 2.45) is 4.99 Å². The highest BCUT2D eigenvalue weighted by atomic mass is 16.5. The molecule has 0 aromatic rings. The molecule has 0 aromatic carbocycles. The minimum Gasteiger partial charge on any atom is -0.480 e. The second-order valence-electron chi connectivity index (χ2n) is 2.89. The predicted molar refractivity (Wildman–Crippen MR) is 48.1 cm³/mol. The van der Waals surface area contributed by atoms with Gasteiger partial charge in [0, 0.05) is 13.0 Å². The number of rotatable bonds is 4. The summed E-state index contributed by atoms with van der Waals surface area (Å²) in [4.78, 5) is 25.2. The van der Waals surface area contributed by atoms with Gasteiger partial charge in [0.2, 0.25) is 0 Å². The number of carboxylic acid groups (broad SMARTS) is 1. The van der Waals surface area contributed by atoms with Crippen molar-refractivity contribution in [2.45, 2.75) is 18.9 Å². The lowest BCUT2D eigenvalue weighted by Crippen LogP contribution is -2.25. The van der Waals surface area contributed by atoms with Gasteiger partial charge in [-0.3, -0.25) is 9.79 Å². The van der Waals surface area contributed by atoms with E-state index in [2.05, 4.69) is 15.0 Å². The summed E-state index contributed by atoms with van der Waals surface area (Å²) in [6.07, 6.45) is 0.616. The van der Waals surface area contributed by atoms with Gasteiger partial charge in [-0.2, -0.15) is 0 Å². The molecule has 6 nitrogen and oxygen atoms in total. The minimum absolute atomic E-state index is 0.217. The molecule has 14 heavy (non-hydrogen) atoms. The van der Waals surface area contributed by atoms with Crippen molar-refractivity contribution in [3.05, 3.63) is 0 Å². The van der Waals surface area contributed by atoms with Gasteiger partial charge in [0.25, 0.3) is 0 Å². The van der Waals surface area contributed by atoms with Crippen molar-refractivity contribution in [1.29, 1.82) is 0 Å². The summed E-state index contributed by atoms with van der Waals surface area (Å²) in [6.45, 7) is 0.297. The first kappa shape index (κ1) is 10.5. The van der Waals surface area contributed by atoms with Gasteiger partial charge in [-0.25, -0.2) is 4.79 Å². The smallest absolute Gasteiger partial charge is 0.330 e. The molecule has 1 rings (SSSR count). The highest BCUT2D eigenvalue weighted by Crippen LogP contribution is 2.03. The highest BCUT2D eigenvalue weighted by molar-refractivity contribution is 5.90. The van der Waals surface area contributed by atoms with E-state index in [0.29, 0.717) is 18.8 Å². The molecule has 78 valence electrons. The fourth-order valence-electron chi connectivity index (χ4n) is 1.11. The van der Waals surface area contributed by atoms with E-state index in [4.69, 9.17) is 5.11 Å². The molecule has 1 unspecified atom stereocenters. The average molecular weight is 200 g/mol. The van der Waals surface area contributed by atoms with Gasteiger partial charge in [0.05, 0.1) is 19.4 Å². The van der Waals surface area contributed by atoms with Crippen molar-refractivity contribution >= 4 is 17.8 Å². The Labute approximate surface area is 81.0 Å². The zero-order chi connectivity index (χ0) is 10.6. The molecule has 6 heteroatoms. The number of carbonyl (C=O) groups is 2. The van der Waals surface area contributed by atoms with Crippen LogP contribution in [0.5, 0.6) is 0 Å². The van der Waals surface area contributed by atoms with Crippen LogP contribution in [-0.4, -0.2) is 42.6 Å². The van der Waals surface area contributed by atoms with E-state index in [1.807, 2.05) is 0 Å². The third-order valence-corrected chi connectivity index (χ3v) is 1.89. The lowest BCUT2D eigenvalue weighted by Gasteiger charge is -1.99. The summed E-state index contributed by atoms with van der Waals surface area (Å²) >= 11 is 0. The first-order chi connectivity index (χ1) is 6.63. The van der Waals surface area contributed by atoms with Crippen LogP contribution in [0.3, 0.4) is 0 Å². The summed E-state index contributed by atoms with van der Waals surface area (Å²) in [5, 5.41) is 11.4. The lowest BCUT2D eigenvalue weighted by molar-refractivity contribution is -0.140. The summed E-state index contributed by atoms with van der Waals surface area (Å²) in [5.74, 6) is -0.721. The Balaban J connectivity index is 2.36. The molecule has 0 saturated heterocycles. The molecule has 1 atom stereocenters. The van der Waals surface area contributed by atoms with Crippen LogP contribution in [0.1, 0.15) is 12.8 Å². The number of aliphatic carboxylic acids is 1. The van der Waals surface area contributed by atoms with E-state index < -0.39 is 12.0 Å². The number of carboxylic acids is 1. The average Bonchev–Trinajstić information content (AvgIpc) is 2.62. The Morgan fingerprint density at radius 1 is 1.71 bits per heavy atom. The maximum Gasteiger partial charge on any atom is 0.330 e. The number of hydrogen-bond donors (Lipinski definition) is 2. The zero-order valence-electron chi connectivity index (χ0n) is 7.82. The molecule has 1 aliphatic rings. The van der Waals surface area contributed by atoms with Gasteiger partial charge >= 0.3 is 11.9 Å². The predicted octanol–water partition coefficient (Wildman–Crippen LogP) is -0.606. The van der Waals surface area contributed by atoms with Gasteiger partial charge in [-0.1, -0.05) is 0 Å². The highest BCUT2D eigenvalue weighted by Gasteiger charge is 2.23. The van der Waals surface area contributed by atoms with Crippen molar-refractivity contribution in [3.63, 3.8) is 0 Å². The standard InChI is InChI=1S/C8H12N2O4/c1-14-7(11)3-2-6-9-4-5(10-6)8(12)13/h5H,2-4H2,1H3,(H,9,10)(H,12,13). The van der Waals surface area contributed by atoms with Gasteiger partial charge in [0.15, 0.2) is 6.04 Å². The van der Waals surface area contributed by atoms with Crippen LogP contribution in [0.25, 0.3) is 0 Å². The van der Waals surface area contributed by atoms with Gasteiger partial charge in [-0.05, 0) is 0 Å². The Morgan fingerprint density at radius 3 is 2.93 bits per heavy atom. The monoisotopic (exact) mass is 200 g/mol. The number of nitrogens with one attached hydrogen (secondary N) is 1. The van der Waals surface area contributed by atoms with Crippen LogP contribution in [0, 0.1) is 0 Å². The number of amidine groups is 1. The Morgan fingerprint density at radius 2 is 2.43 bits per heavy atom. The molecule has 0 fully saturated rings. The topological polar surface area (TPSA) is 88.0 Å². The van der Waals surface area contributed by atoms with Crippen LogP contribution < -0.4 is 5.32 Å². The molecular formula is C8H12N2O4. The van der Waals surface area contributed by atoms with Crippen LogP contribution >= 0.6 is 0 Å². The van der Waals surface area contributed by atoms with Crippen molar-refractivity contribution < 1.29 is 19.4 Å². The quantitative estimate of drug-likeness (QED) is 0.591. The molecule has 0 spiro atoms. The fraction of sp³-hybridized carbons (Fsp3) is 0.625. The van der Waals surface area contributed by atoms with Crippen molar-refractivity contribution in [2.75, 3.05) is 13.7 Å². The van der Waals surface area contributed by atoms with Crippen LogP contribution in [0.2, 0.25) is 0 Å². The number of esters is 1. The fourth-order valence-corrected chi connectivity index (χ4v) is 1.11. The summed E-state index contributed by atoms with van der Waals surface area (Å²) in [7, 11) is 1.31. The number of methoxy groups -OCH3 is 1. The Hall–Kier alpha value is -1.59. The Kier molecular flexibility index (Phi) is 3.44. The van der Waals surface area contributed by atoms with Crippen LogP contribution in [-0.2, 0) is 14.3 Å². The largest absolute Gasteiger partial charge is 0.480 e. The summed E-state index contributed by atoms with van der Waals surface area (Å²) in [6, 6.07) is -0.720. The first-order valence-electron chi connectivity index (χ1n) is 4.23. The van der Waals surface area contributed by atoms with Crippen molar-refractivity contribution in [3.8, 4) is 0 Å². The molecule has 0 saturated carbocycles. The zero-order valence-corrected chi connectivity index (χ0v) is 7.82. The van der Waals surface area contributed by atoms with E-state index in [1.54, 1.807) is 0 Å². The second-order valence-corrected chi connectivity index (χ2v) is 2.89. The van der Waals surface area contributed by atoms with E-state index in [-0.39, 0.29) is 12.4 Å². The summed E-state index contributed by atoms with van der Waals surface area (Å²) in [5.41, 5.74) is 0. The van der Waals surface area contributed by atoms with E-state index in [0.717, 1.165) is 0 Å². The Bertz CT molecular complexity index is 275. The van der Waals surface area contributed by atoms with E-state index >= 15 is 0 Å². The molecule has 1 heterocycles.